The number of nitrogens with zero attached hydrogens (tertiary/aromatic N) is 1. The van der Waals surface area contributed by atoms with Gasteiger partial charge in [-0.1, -0.05) is 0 Å². The molecular formula is C15H27ClN2O3. The van der Waals surface area contributed by atoms with E-state index < -0.39 is 0 Å². The van der Waals surface area contributed by atoms with Gasteiger partial charge in [-0.3, -0.25) is 9.59 Å². The number of halogens is 1. The highest BCUT2D eigenvalue weighted by Gasteiger charge is 2.29. The first-order chi connectivity index (χ1) is 9.70. The third-order valence-electron chi connectivity index (χ3n) is 4.38. The van der Waals surface area contributed by atoms with E-state index in [-0.39, 0.29) is 24.3 Å². The summed E-state index contributed by atoms with van der Waals surface area (Å²) in [6.07, 6.45) is 4.28. The number of carbonyl (C=O) groups excluding carboxylic acids is 2. The maximum absolute atomic E-state index is 12.4. The van der Waals surface area contributed by atoms with Crippen LogP contribution in [0.4, 0.5) is 0 Å². The molecule has 122 valence electrons. The molecule has 2 heterocycles. The molecule has 21 heavy (non-hydrogen) atoms. The van der Waals surface area contributed by atoms with Gasteiger partial charge in [-0.2, -0.15) is 0 Å². The smallest absolute Gasteiger partial charge is 0.306 e. The van der Waals surface area contributed by atoms with Gasteiger partial charge in [0.25, 0.3) is 0 Å². The number of esters is 1. The van der Waals surface area contributed by atoms with Crippen LogP contribution in [0, 0.1) is 11.8 Å². The van der Waals surface area contributed by atoms with Gasteiger partial charge in [0.2, 0.25) is 5.91 Å². The van der Waals surface area contributed by atoms with Gasteiger partial charge in [0.05, 0.1) is 6.61 Å². The van der Waals surface area contributed by atoms with Crippen LogP contribution < -0.4 is 5.32 Å². The summed E-state index contributed by atoms with van der Waals surface area (Å²) in [5.74, 6) is 0.806. The van der Waals surface area contributed by atoms with Crippen molar-refractivity contribution in [3.8, 4) is 0 Å². The Morgan fingerprint density at radius 3 is 2.33 bits per heavy atom. The molecule has 0 aromatic heterocycles. The third-order valence-corrected chi connectivity index (χ3v) is 4.38. The Kier molecular flexibility index (Phi) is 8.04. The monoisotopic (exact) mass is 318 g/mol. The van der Waals surface area contributed by atoms with Gasteiger partial charge in [0, 0.05) is 25.4 Å². The Morgan fingerprint density at radius 1 is 1.14 bits per heavy atom. The Bertz CT molecular complexity index is 338. The van der Waals surface area contributed by atoms with Crippen molar-refractivity contribution in [2.75, 3.05) is 32.8 Å². The number of nitrogens with one attached hydrogen (secondary N) is 1. The van der Waals surface area contributed by atoms with E-state index >= 15 is 0 Å². The van der Waals surface area contributed by atoms with E-state index in [1.807, 2.05) is 11.8 Å². The van der Waals surface area contributed by atoms with E-state index in [9.17, 15) is 9.59 Å². The largest absolute Gasteiger partial charge is 0.466 e. The summed E-state index contributed by atoms with van der Waals surface area (Å²) in [5.41, 5.74) is 0. The molecule has 0 bridgehead atoms. The number of hydrogen-bond donors (Lipinski definition) is 1. The molecule has 2 fully saturated rings. The minimum Gasteiger partial charge on any atom is -0.466 e. The average Bonchev–Trinajstić information content (AvgIpc) is 2.48. The second-order valence-corrected chi connectivity index (χ2v) is 5.80. The van der Waals surface area contributed by atoms with E-state index in [1.54, 1.807) is 0 Å². The van der Waals surface area contributed by atoms with Crippen LogP contribution in [-0.4, -0.2) is 49.6 Å². The van der Waals surface area contributed by atoms with Gasteiger partial charge >= 0.3 is 5.97 Å². The molecule has 2 saturated heterocycles. The number of carbonyl (C=O) groups is 2. The molecule has 1 amide bonds. The summed E-state index contributed by atoms with van der Waals surface area (Å²) in [5, 5.41) is 3.29. The molecule has 2 aliphatic heterocycles. The minimum absolute atomic E-state index is 0. The van der Waals surface area contributed by atoms with Crippen LogP contribution in [0.5, 0.6) is 0 Å². The second kappa shape index (κ2) is 9.26. The van der Waals surface area contributed by atoms with Crippen molar-refractivity contribution in [3.05, 3.63) is 0 Å². The van der Waals surface area contributed by atoms with Crippen LogP contribution >= 0.6 is 12.4 Å². The van der Waals surface area contributed by atoms with Crippen molar-refractivity contribution in [1.82, 2.24) is 10.2 Å². The molecule has 0 aromatic carbocycles. The lowest BCUT2D eigenvalue weighted by atomic mass is 9.91. The van der Waals surface area contributed by atoms with Gasteiger partial charge in [0.1, 0.15) is 0 Å². The lowest BCUT2D eigenvalue weighted by Crippen LogP contribution is -2.44. The summed E-state index contributed by atoms with van der Waals surface area (Å²) in [6, 6.07) is 0. The number of amides is 1. The lowest BCUT2D eigenvalue weighted by Gasteiger charge is -2.35. The Morgan fingerprint density at radius 2 is 1.76 bits per heavy atom. The van der Waals surface area contributed by atoms with Crippen molar-refractivity contribution in [2.24, 2.45) is 11.8 Å². The SMILES string of the molecule is CCOC(=O)CC1CCN(C(=O)C2CCNCC2)CC1.Cl. The first kappa shape index (κ1) is 18.2. The Labute approximate surface area is 133 Å². The molecule has 2 rings (SSSR count). The highest BCUT2D eigenvalue weighted by molar-refractivity contribution is 5.85. The standard InChI is InChI=1S/C15H26N2O3.ClH/c1-2-20-14(18)11-12-5-9-17(10-6-12)15(19)13-3-7-16-8-4-13;/h12-13,16H,2-11H2,1H3;1H. The van der Waals surface area contributed by atoms with Gasteiger partial charge in [-0.05, 0) is 51.6 Å². The van der Waals surface area contributed by atoms with E-state index in [1.165, 1.54) is 0 Å². The fourth-order valence-electron chi connectivity index (χ4n) is 3.14. The average molecular weight is 319 g/mol. The Hall–Kier alpha value is -0.810. The number of rotatable bonds is 4. The second-order valence-electron chi connectivity index (χ2n) is 5.80. The molecule has 1 N–H and O–H groups in total. The van der Waals surface area contributed by atoms with Crippen molar-refractivity contribution in [2.45, 2.75) is 39.0 Å². The lowest BCUT2D eigenvalue weighted by molar-refractivity contribution is -0.144. The summed E-state index contributed by atoms with van der Waals surface area (Å²) >= 11 is 0. The van der Waals surface area contributed by atoms with E-state index in [4.69, 9.17) is 4.74 Å². The van der Waals surface area contributed by atoms with Crippen molar-refractivity contribution < 1.29 is 14.3 Å². The molecule has 0 atom stereocenters. The quantitative estimate of drug-likeness (QED) is 0.800. The molecule has 2 aliphatic rings. The van der Waals surface area contributed by atoms with E-state index in [0.29, 0.717) is 24.9 Å². The normalized spacial score (nSPS) is 20.7. The van der Waals surface area contributed by atoms with Crippen molar-refractivity contribution in [1.29, 1.82) is 0 Å². The van der Waals surface area contributed by atoms with Gasteiger partial charge in [0.15, 0.2) is 0 Å². The minimum atomic E-state index is -0.101. The predicted molar refractivity (Wildman–Crippen MR) is 83.4 cm³/mol. The molecule has 0 spiro atoms. The molecule has 0 radical (unpaired) electrons. The molecule has 0 unspecified atom stereocenters. The summed E-state index contributed by atoms with van der Waals surface area (Å²) < 4.78 is 4.99. The van der Waals surface area contributed by atoms with Crippen LogP contribution in [0.25, 0.3) is 0 Å². The fraction of sp³-hybridized carbons (Fsp3) is 0.867. The zero-order valence-electron chi connectivity index (χ0n) is 12.8. The number of hydrogen-bond acceptors (Lipinski definition) is 4. The first-order valence-electron chi connectivity index (χ1n) is 7.85. The summed E-state index contributed by atoms with van der Waals surface area (Å²) in [4.78, 5) is 25.9. The highest BCUT2D eigenvalue weighted by atomic mass is 35.5. The summed E-state index contributed by atoms with van der Waals surface area (Å²) in [7, 11) is 0. The van der Waals surface area contributed by atoms with Crippen LogP contribution in [-0.2, 0) is 14.3 Å². The maximum Gasteiger partial charge on any atom is 0.306 e. The molecule has 5 nitrogen and oxygen atoms in total. The van der Waals surface area contributed by atoms with Crippen LogP contribution in [0.3, 0.4) is 0 Å². The molecule has 0 aliphatic carbocycles. The van der Waals surface area contributed by atoms with Crippen molar-refractivity contribution >= 4 is 24.3 Å². The maximum atomic E-state index is 12.4. The van der Waals surface area contributed by atoms with Crippen molar-refractivity contribution in [3.63, 3.8) is 0 Å². The van der Waals surface area contributed by atoms with Gasteiger partial charge < -0.3 is 15.0 Å². The Balaban J connectivity index is 0.00000220. The third kappa shape index (κ3) is 5.47. The zero-order chi connectivity index (χ0) is 14.4. The van der Waals surface area contributed by atoms with Gasteiger partial charge in [-0.25, -0.2) is 0 Å². The molecule has 0 aromatic rings. The molecular weight excluding hydrogens is 292 g/mol. The van der Waals surface area contributed by atoms with Crippen LogP contribution in [0.2, 0.25) is 0 Å². The highest BCUT2D eigenvalue weighted by Crippen LogP contribution is 2.24. The van der Waals surface area contributed by atoms with Gasteiger partial charge in [-0.15, -0.1) is 12.4 Å². The number of piperidine rings is 2. The number of ether oxygens (including phenoxy) is 1. The van der Waals surface area contributed by atoms with Crippen LogP contribution in [0.15, 0.2) is 0 Å². The molecule has 0 saturated carbocycles. The van der Waals surface area contributed by atoms with E-state index in [2.05, 4.69) is 5.32 Å². The van der Waals surface area contributed by atoms with E-state index in [0.717, 1.165) is 51.9 Å². The topological polar surface area (TPSA) is 58.6 Å². The number of likely N-dealkylation sites (tertiary alicyclic amines) is 1. The fourth-order valence-corrected chi connectivity index (χ4v) is 3.14. The first-order valence-corrected chi connectivity index (χ1v) is 7.85. The zero-order valence-corrected chi connectivity index (χ0v) is 13.6. The molecule has 6 heteroatoms. The summed E-state index contributed by atoms with van der Waals surface area (Å²) in [6.45, 7) is 5.79. The predicted octanol–water partition coefficient (Wildman–Crippen LogP) is 1.60. The van der Waals surface area contributed by atoms with Crippen LogP contribution in [0.1, 0.15) is 39.0 Å².